The molecule has 0 spiro atoms. The number of carbonyl (C=O) groups excluding carboxylic acids is 1. The van der Waals surface area contributed by atoms with E-state index in [1.807, 2.05) is 19.1 Å². The minimum absolute atomic E-state index is 0.0568. The molecule has 152 valence electrons. The zero-order valence-electron chi connectivity index (χ0n) is 16.4. The molecular weight excluding hydrogens is 421 g/mol. The molecule has 0 amide bonds. The van der Waals surface area contributed by atoms with Gasteiger partial charge in [-0.1, -0.05) is 40.9 Å². The number of hydrogen-bond acceptors (Lipinski definition) is 4. The summed E-state index contributed by atoms with van der Waals surface area (Å²) < 4.78 is 33.1. The summed E-state index contributed by atoms with van der Waals surface area (Å²) in [7, 11) is -4.09. The first-order valence-electron chi connectivity index (χ1n) is 8.68. The molecule has 0 saturated heterocycles. The fourth-order valence-electron chi connectivity index (χ4n) is 3.03. The van der Waals surface area contributed by atoms with Gasteiger partial charge < -0.3 is 4.74 Å². The second-order valence-electron chi connectivity index (χ2n) is 6.87. The Balaban J connectivity index is 2.64. The van der Waals surface area contributed by atoms with Crippen LogP contribution >= 0.6 is 23.2 Å². The van der Waals surface area contributed by atoms with E-state index in [0.29, 0.717) is 5.69 Å². The van der Waals surface area contributed by atoms with Crippen LogP contribution in [0.1, 0.15) is 30.5 Å². The lowest BCUT2D eigenvalue weighted by Gasteiger charge is -2.27. The Hall–Kier alpha value is -1.76. The van der Waals surface area contributed by atoms with Crippen LogP contribution in [0, 0.1) is 20.8 Å². The number of rotatable bonds is 6. The third-order valence-corrected chi connectivity index (χ3v) is 6.48. The average Bonchev–Trinajstić information content (AvgIpc) is 2.54. The first kappa shape index (κ1) is 22.5. The number of carbonyl (C=O) groups is 1. The lowest BCUT2D eigenvalue weighted by molar-refractivity contribution is -0.145. The van der Waals surface area contributed by atoms with Crippen molar-refractivity contribution in [2.75, 3.05) is 10.8 Å². The fraction of sp³-hybridized carbons (Fsp3) is 0.350. The van der Waals surface area contributed by atoms with Crippen LogP contribution < -0.4 is 4.31 Å². The molecule has 5 nitrogen and oxygen atoms in total. The molecule has 0 aliphatic carbocycles. The van der Waals surface area contributed by atoms with E-state index in [9.17, 15) is 13.2 Å². The summed E-state index contributed by atoms with van der Waals surface area (Å²) in [6.07, 6.45) is -0.359. The maximum Gasteiger partial charge on any atom is 0.327 e. The molecule has 0 heterocycles. The molecule has 2 aromatic rings. The van der Waals surface area contributed by atoms with Gasteiger partial charge in [0.15, 0.2) is 0 Å². The topological polar surface area (TPSA) is 63.7 Å². The summed E-state index contributed by atoms with van der Waals surface area (Å²) in [5.74, 6) is -0.641. The lowest BCUT2D eigenvalue weighted by Crippen LogP contribution is -2.38. The third kappa shape index (κ3) is 4.99. The van der Waals surface area contributed by atoms with Crippen molar-refractivity contribution < 1.29 is 17.9 Å². The van der Waals surface area contributed by atoms with Crippen LogP contribution in [-0.2, 0) is 19.6 Å². The van der Waals surface area contributed by atoms with E-state index >= 15 is 0 Å². The molecule has 0 fully saturated rings. The maximum atomic E-state index is 13.4. The Morgan fingerprint density at radius 2 is 1.61 bits per heavy atom. The minimum Gasteiger partial charge on any atom is -0.462 e. The third-order valence-electron chi connectivity index (χ3n) is 4.00. The lowest BCUT2D eigenvalue weighted by atomic mass is 10.1. The van der Waals surface area contributed by atoms with Gasteiger partial charge in [0, 0.05) is 0 Å². The number of nitrogens with zero attached hydrogens (tertiary/aromatic N) is 1. The van der Waals surface area contributed by atoms with Gasteiger partial charge in [-0.25, -0.2) is 8.42 Å². The van der Waals surface area contributed by atoms with Crippen LogP contribution in [0.15, 0.2) is 35.2 Å². The second-order valence-corrected chi connectivity index (χ2v) is 9.55. The largest absolute Gasteiger partial charge is 0.462 e. The Labute approximate surface area is 176 Å². The summed E-state index contributed by atoms with van der Waals surface area (Å²) >= 11 is 11.9. The number of halogens is 2. The molecule has 0 radical (unpaired) electrons. The quantitative estimate of drug-likeness (QED) is 0.584. The van der Waals surface area contributed by atoms with Gasteiger partial charge >= 0.3 is 5.97 Å². The van der Waals surface area contributed by atoms with Gasteiger partial charge in [-0.3, -0.25) is 9.10 Å². The predicted molar refractivity (Wildman–Crippen MR) is 113 cm³/mol. The van der Waals surface area contributed by atoms with Gasteiger partial charge in [-0.05, 0) is 63.9 Å². The van der Waals surface area contributed by atoms with Crippen molar-refractivity contribution in [3.05, 3.63) is 57.1 Å². The summed E-state index contributed by atoms with van der Waals surface area (Å²) in [4.78, 5) is 12.3. The molecule has 2 rings (SSSR count). The summed E-state index contributed by atoms with van der Waals surface area (Å²) in [5, 5.41) is 0.360. The van der Waals surface area contributed by atoms with Gasteiger partial charge in [0.1, 0.15) is 6.54 Å². The smallest absolute Gasteiger partial charge is 0.327 e. The number of aryl methyl sites for hydroxylation is 3. The number of sulfonamides is 1. The number of anilines is 1. The molecular formula is C20H23Cl2NO4S. The van der Waals surface area contributed by atoms with Gasteiger partial charge in [0.05, 0.1) is 26.7 Å². The first-order valence-corrected chi connectivity index (χ1v) is 10.9. The number of ether oxygens (including phenoxy) is 1. The van der Waals surface area contributed by atoms with Crippen LogP contribution in [0.2, 0.25) is 10.0 Å². The second kappa shape index (κ2) is 8.72. The minimum atomic E-state index is -4.09. The van der Waals surface area contributed by atoms with Crippen molar-refractivity contribution in [1.29, 1.82) is 0 Å². The Bertz CT molecular complexity index is 980. The molecule has 0 unspecified atom stereocenters. The van der Waals surface area contributed by atoms with Crippen LogP contribution in [0.4, 0.5) is 5.69 Å². The molecule has 0 saturated carbocycles. The first-order chi connectivity index (χ1) is 12.9. The molecule has 0 atom stereocenters. The molecule has 0 N–H and O–H groups in total. The SMILES string of the molecule is Cc1cc(C)c(N(CC(=O)OC(C)C)S(=O)(=O)c2ccc(Cl)c(Cl)c2)c(C)c1. The zero-order chi connectivity index (χ0) is 21.2. The molecule has 8 heteroatoms. The van der Waals surface area contributed by atoms with Crippen LogP contribution in [0.3, 0.4) is 0 Å². The van der Waals surface area contributed by atoms with E-state index < -0.39 is 22.5 Å². The monoisotopic (exact) mass is 443 g/mol. The van der Waals surface area contributed by atoms with E-state index in [0.717, 1.165) is 21.0 Å². The molecule has 28 heavy (non-hydrogen) atoms. The van der Waals surface area contributed by atoms with Gasteiger partial charge in [0.2, 0.25) is 0 Å². The van der Waals surface area contributed by atoms with Gasteiger partial charge in [-0.15, -0.1) is 0 Å². The summed E-state index contributed by atoms with van der Waals surface area (Å²) in [6, 6.07) is 7.79. The molecule has 2 aromatic carbocycles. The number of benzene rings is 2. The Kier molecular flexibility index (Phi) is 7.02. The zero-order valence-corrected chi connectivity index (χ0v) is 18.7. The maximum absolute atomic E-state index is 13.4. The van der Waals surface area contributed by atoms with Crippen LogP contribution in [0.5, 0.6) is 0 Å². The summed E-state index contributed by atoms with van der Waals surface area (Å²) in [5.41, 5.74) is 2.91. The van der Waals surface area contributed by atoms with Crippen molar-refractivity contribution in [3.63, 3.8) is 0 Å². The number of esters is 1. The highest BCUT2D eigenvalue weighted by Gasteiger charge is 2.30. The molecule has 0 bridgehead atoms. The molecule has 0 aromatic heterocycles. The van der Waals surface area contributed by atoms with Crippen molar-refractivity contribution >= 4 is 44.9 Å². The Morgan fingerprint density at radius 3 is 2.11 bits per heavy atom. The van der Waals surface area contributed by atoms with Crippen LogP contribution in [-0.4, -0.2) is 27.0 Å². The average molecular weight is 444 g/mol. The predicted octanol–water partition coefficient (Wildman–Crippen LogP) is 5.07. The Morgan fingerprint density at radius 1 is 1.04 bits per heavy atom. The van der Waals surface area contributed by atoms with E-state index in [1.54, 1.807) is 27.7 Å². The molecule has 0 aliphatic heterocycles. The normalized spacial score (nSPS) is 11.6. The van der Waals surface area contributed by atoms with Crippen molar-refractivity contribution in [1.82, 2.24) is 0 Å². The fourth-order valence-corrected chi connectivity index (χ4v) is 4.96. The summed E-state index contributed by atoms with van der Waals surface area (Å²) in [6.45, 7) is 8.50. The molecule has 0 aliphatic rings. The van der Waals surface area contributed by atoms with E-state index in [2.05, 4.69) is 0 Å². The van der Waals surface area contributed by atoms with Crippen molar-refractivity contribution in [3.8, 4) is 0 Å². The van der Waals surface area contributed by atoms with E-state index in [1.165, 1.54) is 18.2 Å². The van der Waals surface area contributed by atoms with Crippen LogP contribution in [0.25, 0.3) is 0 Å². The van der Waals surface area contributed by atoms with E-state index in [-0.39, 0.29) is 21.0 Å². The van der Waals surface area contributed by atoms with Gasteiger partial charge in [-0.2, -0.15) is 0 Å². The highest BCUT2D eigenvalue weighted by atomic mass is 35.5. The highest BCUT2D eigenvalue weighted by molar-refractivity contribution is 7.92. The van der Waals surface area contributed by atoms with E-state index in [4.69, 9.17) is 27.9 Å². The van der Waals surface area contributed by atoms with Gasteiger partial charge in [0.25, 0.3) is 10.0 Å². The van der Waals surface area contributed by atoms with Crippen molar-refractivity contribution in [2.24, 2.45) is 0 Å². The highest BCUT2D eigenvalue weighted by Crippen LogP contribution is 2.33. The number of hydrogen-bond donors (Lipinski definition) is 0. The van der Waals surface area contributed by atoms with Crippen molar-refractivity contribution in [2.45, 2.75) is 45.6 Å². The standard InChI is InChI=1S/C20H23Cl2NO4S/c1-12(2)27-19(24)11-23(20-14(4)8-13(3)9-15(20)5)28(25,26)16-6-7-17(21)18(22)10-16/h6-10,12H,11H2,1-5H3.